The summed E-state index contributed by atoms with van der Waals surface area (Å²) in [5.74, 6) is 1.12. The fourth-order valence-electron chi connectivity index (χ4n) is 2.17. The largest absolute Gasteiger partial charge is 0.345 e. The molecular weight excluding hydrogens is 174 g/mol. The third kappa shape index (κ3) is 1.46. The van der Waals surface area contributed by atoms with Gasteiger partial charge >= 0.3 is 0 Å². The molecule has 1 aromatic rings. The van der Waals surface area contributed by atoms with E-state index in [0.717, 1.165) is 25.2 Å². The number of nitrogens with two attached hydrogens (primary N) is 1. The number of hydrogen-bond donors (Lipinski definition) is 2. The highest BCUT2D eigenvalue weighted by Gasteiger charge is 2.39. The van der Waals surface area contributed by atoms with Crippen LogP contribution in [0.1, 0.15) is 44.1 Å². The van der Waals surface area contributed by atoms with Crippen molar-refractivity contribution < 1.29 is 0 Å². The predicted octanol–water partition coefficient (Wildman–Crippen LogP) is 1.74. The zero-order chi connectivity index (χ0) is 10.0. The van der Waals surface area contributed by atoms with Gasteiger partial charge in [0.1, 0.15) is 5.82 Å². The van der Waals surface area contributed by atoms with Gasteiger partial charge in [0.05, 0.1) is 0 Å². The molecule has 14 heavy (non-hydrogen) atoms. The molecule has 0 aromatic carbocycles. The third-order valence-electron chi connectivity index (χ3n) is 3.35. The van der Waals surface area contributed by atoms with Crippen molar-refractivity contribution in [1.29, 1.82) is 0 Å². The van der Waals surface area contributed by atoms with Gasteiger partial charge in [-0.2, -0.15) is 0 Å². The molecule has 2 rings (SSSR count). The quantitative estimate of drug-likeness (QED) is 0.765. The summed E-state index contributed by atoms with van der Waals surface area (Å²) in [5, 5.41) is 0. The predicted molar refractivity (Wildman–Crippen MR) is 57.2 cm³/mol. The van der Waals surface area contributed by atoms with Gasteiger partial charge in [0.2, 0.25) is 0 Å². The lowest BCUT2D eigenvalue weighted by molar-refractivity contribution is 0.239. The number of hydrogen-bond acceptors (Lipinski definition) is 2. The van der Waals surface area contributed by atoms with E-state index in [2.05, 4.69) is 16.9 Å². The van der Waals surface area contributed by atoms with Crippen LogP contribution in [0.15, 0.2) is 6.20 Å². The lowest BCUT2D eigenvalue weighted by Gasteiger charge is -2.39. The monoisotopic (exact) mass is 193 g/mol. The van der Waals surface area contributed by atoms with Crippen LogP contribution < -0.4 is 5.73 Å². The summed E-state index contributed by atoms with van der Waals surface area (Å²) < 4.78 is 0. The lowest BCUT2D eigenvalue weighted by atomic mass is 9.68. The first kappa shape index (κ1) is 9.71. The fourth-order valence-corrected chi connectivity index (χ4v) is 2.17. The molecule has 1 aromatic heterocycles. The number of rotatable bonds is 4. The van der Waals surface area contributed by atoms with E-state index >= 15 is 0 Å². The number of H-pyrrole nitrogens is 1. The van der Waals surface area contributed by atoms with Crippen molar-refractivity contribution in [1.82, 2.24) is 9.97 Å². The molecule has 0 bridgehead atoms. The van der Waals surface area contributed by atoms with Gasteiger partial charge in [0, 0.05) is 23.9 Å². The van der Waals surface area contributed by atoms with Crippen LogP contribution in [0.3, 0.4) is 0 Å². The van der Waals surface area contributed by atoms with E-state index in [9.17, 15) is 0 Å². The average molecular weight is 193 g/mol. The lowest BCUT2D eigenvalue weighted by Crippen LogP contribution is -2.42. The zero-order valence-corrected chi connectivity index (χ0v) is 8.84. The molecule has 1 saturated carbocycles. The van der Waals surface area contributed by atoms with Crippen LogP contribution in [0, 0.1) is 0 Å². The summed E-state index contributed by atoms with van der Waals surface area (Å²) in [6.07, 6.45) is 7.91. The minimum Gasteiger partial charge on any atom is -0.345 e. The second kappa shape index (κ2) is 3.73. The molecule has 1 aliphatic rings. The molecule has 0 unspecified atom stereocenters. The van der Waals surface area contributed by atoms with E-state index in [-0.39, 0.29) is 5.41 Å². The Morgan fingerprint density at radius 1 is 1.57 bits per heavy atom. The molecule has 78 valence electrons. The van der Waals surface area contributed by atoms with Gasteiger partial charge in [0.15, 0.2) is 0 Å². The van der Waals surface area contributed by atoms with Crippen LogP contribution >= 0.6 is 0 Å². The number of aryl methyl sites for hydroxylation is 1. The van der Waals surface area contributed by atoms with Crippen LogP contribution in [0.4, 0.5) is 0 Å². The molecule has 0 aliphatic heterocycles. The summed E-state index contributed by atoms with van der Waals surface area (Å²) in [6.45, 7) is 2.91. The van der Waals surface area contributed by atoms with Crippen LogP contribution in [0.25, 0.3) is 0 Å². The number of imidazole rings is 1. The highest BCUT2D eigenvalue weighted by atomic mass is 14.9. The number of nitrogens with one attached hydrogen (secondary N) is 1. The summed E-state index contributed by atoms with van der Waals surface area (Å²) in [4.78, 5) is 7.88. The van der Waals surface area contributed by atoms with Crippen molar-refractivity contribution in [3.63, 3.8) is 0 Å². The number of nitrogens with zero attached hydrogens (tertiary/aromatic N) is 1. The molecule has 0 radical (unpaired) electrons. The Labute approximate surface area is 85.1 Å². The fraction of sp³-hybridized carbons (Fsp3) is 0.727. The minimum atomic E-state index is 0.186. The summed E-state index contributed by atoms with van der Waals surface area (Å²) in [7, 11) is 0. The first-order valence-corrected chi connectivity index (χ1v) is 5.55. The van der Waals surface area contributed by atoms with Gasteiger partial charge in [-0.1, -0.05) is 19.8 Å². The summed E-state index contributed by atoms with van der Waals surface area (Å²) >= 11 is 0. The van der Waals surface area contributed by atoms with Crippen molar-refractivity contribution >= 4 is 0 Å². The Balaban J connectivity index is 2.15. The van der Waals surface area contributed by atoms with Crippen molar-refractivity contribution in [2.24, 2.45) is 5.73 Å². The standard InChI is InChI=1S/C11H19N3/c1-2-4-9-7-13-10(14-9)11(8-12)5-3-6-11/h7H,2-6,8,12H2,1H3,(H,13,14). The Bertz CT molecular complexity index is 294. The minimum absolute atomic E-state index is 0.186. The Hall–Kier alpha value is -0.830. The molecule has 0 atom stereocenters. The van der Waals surface area contributed by atoms with Crippen LogP contribution in [0.2, 0.25) is 0 Å². The molecule has 1 aliphatic carbocycles. The van der Waals surface area contributed by atoms with Gasteiger partial charge in [-0.3, -0.25) is 0 Å². The summed E-state index contributed by atoms with van der Waals surface area (Å²) in [5.41, 5.74) is 7.26. The van der Waals surface area contributed by atoms with Crippen molar-refractivity contribution in [3.8, 4) is 0 Å². The first-order chi connectivity index (χ1) is 6.80. The van der Waals surface area contributed by atoms with Crippen LogP contribution in [-0.2, 0) is 11.8 Å². The molecule has 0 amide bonds. The summed E-state index contributed by atoms with van der Waals surface area (Å²) in [6, 6.07) is 0. The highest BCUT2D eigenvalue weighted by molar-refractivity contribution is 5.17. The second-order valence-electron chi connectivity index (χ2n) is 4.35. The van der Waals surface area contributed by atoms with Gasteiger partial charge in [-0.15, -0.1) is 0 Å². The number of aromatic nitrogens is 2. The molecular formula is C11H19N3. The molecule has 0 spiro atoms. The molecule has 1 heterocycles. The highest BCUT2D eigenvalue weighted by Crippen LogP contribution is 2.41. The SMILES string of the molecule is CCCc1cnc(C2(CN)CCC2)[nH]1. The topological polar surface area (TPSA) is 54.7 Å². The van der Waals surface area contributed by atoms with E-state index in [4.69, 9.17) is 5.73 Å². The molecule has 3 nitrogen and oxygen atoms in total. The van der Waals surface area contributed by atoms with Gasteiger partial charge < -0.3 is 10.7 Å². The van der Waals surface area contributed by atoms with Gasteiger partial charge in [0.25, 0.3) is 0 Å². The molecule has 3 heteroatoms. The van der Waals surface area contributed by atoms with Crippen molar-refractivity contribution in [3.05, 3.63) is 17.7 Å². The van der Waals surface area contributed by atoms with Crippen molar-refractivity contribution in [2.75, 3.05) is 6.54 Å². The van der Waals surface area contributed by atoms with Gasteiger partial charge in [-0.25, -0.2) is 4.98 Å². The Morgan fingerprint density at radius 2 is 2.36 bits per heavy atom. The molecule has 0 saturated heterocycles. The smallest absolute Gasteiger partial charge is 0.113 e. The van der Waals surface area contributed by atoms with Crippen molar-refractivity contribution in [2.45, 2.75) is 44.4 Å². The van der Waals surface area contributed by atoms with Gasteiger partial charge in [-0.05, 0) is 19.3 Å². The maximum Gasteiger partial charge on any atom is 0.113 e. The number of aromatic amines is 1. The third-order valence-corrected chi connectivity index (χ3v) is 3.35. The Morgan fingerprint density at radius 3 is 2.86 bits per heavy atom. The van der Waals surface area contributed by atoms with E-state index in [1.54, 1.807) is 0 Å². The van der Waals surface area contributed by atoms with Crippen LogP contribution in [0.5, 0.6) is 0 Å². The maximum atomic E-state index is 5.82. The molecule has 3 N–H and O–H groups in total. The van der Waals surface area contributed by atoms with E-state index in [1.807, 2.05) is 6.20 Å². The first-order valence-electron chi connectivity index (χ1n) is 5.55. The van der Waals surface area contributed by atoms with E-state index in [1.165, 1.54) is 25.0 Å². The second-order valence-corrected chi connectivity index (χ2v) is 4.35. The van der Waals surface area contributed by atoms with Crippen LogP contribution in [-0.4, -0.2) is 16.5 Å². The zero-order valence-electron chi connectivity index (χ0n) is 8.84. The van der Waals surface area contributed by atoms with E-state index < -0.39 is 0 Å². The van der Waals surface area contributed by atoms with E-state index in [0.29, 0.717) is 0 Å². The molecule has 1 fully saturated rings. The normalized spacial score (nSPS) is 19.3. The average Bonchev–Trinajstić information content (AvgIpc) is 2.54. The maximum absolute atomic E-state index is 5.82. The Kier molecular flexibility index (Phi) is 2.59.